The molecule has 1 fully saturated rings. The zero-order chi connectivity index (χ0) is 11.7. The highest BCUT2D eigenvalue weighted by Gasteiger charge is 2.28. The molecule has 16 heavy (non-hydrogen) atoms. The van der Waals surface area contributed by atoms with E-state index in [0.717, 1.165) is 18.4 Å². The van der Waals surface area contributed by atoms with Gasteiger partial charge < -0.3 is 0 Å². The smallest absolute Gasteiger partial charge is 0.229 e. The Balaban J connectivity index is 2.32. The van der Waals surface area contributed by atoms with Gasteiger partial charge in [-0.1, -0.05) is 25.3 Å². The van der Waals surface area contributed by atoms with E-state index in [1.807, 2.05) is 6.08 Å². The Kier molecular flexibility index (Phi) is 3.08. The van der Waals surface area contributed by atoms with Crippen molar-refractivity contribution in [2.24, 2.45) is 5.92 Å². The van der Waals surface area contributed by atoms with Gasteiger partial charge >= 0.3 is 0 Å². The summed E-state index contributed by atoms with van der Waals surface area (Å²) in [6.07, 6.45) is 8.07. The van der Waals surface area contributed by atoms with Crippen LogP contribution < -0.4 is 0 Å². The second kappa shape index (κ2) is 4.36. The molecule has 0 radical (unpaired) electrons. The molecular formula is C14H18O2. The molecule has 0 saturated heterocycles. The number of carbonyl (C=O) groups is 2. The molecule has 0 atom stereocenters. The van der Waals surface area contributed by atoms with E-state index in [9.17, 15) is 9.59 Å². The van der Waals surface area contributed by atoms with Crippen molar-refractivity contribution in [3.05, 3.63) is 22.8 Å². The topological polar surface area (TPSA) is 34.1 Å². The zero-order valence-electron chi connectivity index (χ0n) is 10.0. The summed E-state index contributed by atoms with van der Waals surface area (Å²) < 4.78 is 0. The first kappa shape index (κ1) is 11.3. The summed E-state index contributed by atoms with van der Waals surface area (Å²) >= 11 is 0. The van der Waals surface area contributed by atoms with Crippen molar-refractivity contribution in [3.63, 3.8) is 0 Å². The summed E-state index contributed by atoms with van der Waals surface area (Å²) in [6, 6.07) is 0. The second-order valence-corrected chi connectivity index (χ2v) is 4.90. The molecule has 2 nitrogen and oxygen atoms in total. The van der Waals surface area contributed by atoms with E-state index in [1.165, 1.54) is 19.3 Å². The molecule has 1 saturated carbocycles. The molecule has 0 aromatic carbocycles. The van der Waals surface area contributed by atoms with Gasteiger partial charge in [0.1, 0.15) is 0 Å². The van der Waals surface area contributed by atoms with E-state index in [2.05, 4.69) is 0 Å². The minimum atomic E-state index is -0.322. The maximum Gasteiger partial charge on any atom is 0.229 e. The predicted octanol–water partition coefficient (Wildman–Crippen LogP) is 2.98. The monoisotopic (exact) mass is 218 g/mol. The molecule has 0 unspecified atom stereocenters. The predicted molar refractivity (Wildman–Crippen MR) is 63.0 cm³/mol. The fourth-order valence-corrected chi connectivity index (χ4v) is 2.73. The molecule has 86 valence electrons. The summed E-state index contributed by atoms with van der Waals surface area (Å²) in [5, 5.41) is 0. The lowest BCUT2D eigenvalue weighted by Crippen LogP contribution is -2.24. The standard InChI is InChI=1S/C14H18O2/c1-9-8-12(10(2)14(16)13(9)15)11-6-4-3-5-7-11/h8,11H,3-7H2,1-2H3. The van der Waals surface area contributed by atoms with Crippen LogP contribution in [0.1, 0.15) is 46.0 Å². The quantitative estimate of drug-likeness (QED) is 0.501. The number of rotatable bonds is 1. The number of hydrogen-bond donors (Lipinski definition) is 0. The van der Waals surface area contributed by atoms with Gasteiger partial charge in [-0.2, -0.15) is 0 Å². The highest BCUT2D eigenvalue weighted by molar-refractivity contribution is 6.49. The van der Waals surface area contributed by atoms with E-state index in [4.69, 9.17) is 0 Å². The fraction of sp³-hybridized carbons (Fsp3) is 0.571. The molecule has 2 aliphatic carbocycles. The van der Waals surface area contributed by atoms with Crippen LogP contribution in [0.25, 0.3) is 0 Å². The summed E-state index contributed by atoms with van der Waals surface area (Å²) in [5.74, 6) is -0.113. The van der Waals surface area contributed by atoms with Gasteiger partial charge in [-0.3, -0.25) is 9.59 Å². The van der Waals surface area contributed by atoms with Gasteiger partial charge in [-0.05, 0) is 38.2 Å². The third kappa shape index (κ3) is 1.89. The lowest BCUT2D eigenvalue weighted by atomic mass is 9.78. The summed E-state index contributed by atoms with van der Waals surface area (Å²) in [6.45, 7) is 3.54. The van der Waals surface area contributed by atoms with Gasteiger partial charge in [0.05, 0.1) is 0 Å². The van der Waals surface area contributed by atoms with E-state index < -0.39 is 0 Å². The van der Waals surface area contributed by atoms with Crippen LogP contribution in [0.4, 0.5) is 0 Å². The number of carbonyl (C=O) groups excluding carboxylic acids is 2. The molecule has 0 aliphatic heterocycles. The highest BCUT2D eigenvalue weighted by atomic mass is 16.2. The van der Waals surface area contributed by atoms with Crippen molar-refractivity contribution in [1.29, 1.82) is 0 Å². The third-order valence-electron chi connectivity index (χ3n) is 3.75. The SMILES string of the molecule is CC1=CC(C2CCCCC2)=C(C)C(=O)C1=O. The first-order chi connectivity index (χ1) is 7.61. The van der Waals surface area contributed by atoms with E-state index in [0.29, 0.717) is 17.1 Å². The number of allylic oxidation sites excluding steroid dienone is 4. The maximum absolute atomic E-state index is 11.7. The summed E-state index contributed by atoms with van der Waals surface area (Å²) in [7, 11) is 0. The van der Waals surface area contributed by atoms with E-state index in [1.54, 1.807) is 13.8 Å². The zero-order valence-corrected chi connectivity index (χ0v) is 10.0. The van der Waals surface area contributed by atoms with Crippen LogP contribution >= 0.6 is 0 Å². The van der Waals surface area contributed by atoms with Crippen molar-refractivity contribution >= 4 is 11.6 Å². The van der Waals surface area contributed by atoms with Gasteiger partial charge in [-0.25, -0.2) is 0 Å². The molecule has 2 aliphatic rings. The first-order valence-electron chi connectivity index (χ1n) is 6.09. The Hall–Kier alpha value is -1.18. The van der Waals surface area contributed by atoms with Crippen LogP contribution in [0.15, 0.2) is 22.8 Å². The summed E-state index contributed by atoms with van der Waals surface area (Å²) in [5.41, 5.74) is 2.42. The fourth-order valence-electron chi connectivity index (χ4n) is 2.73. The Morgan fingerprint density at radius 3 is 2.25 bits per heavy atom. The highest BCUT2D eigenvalue weighted by Crippen LogP contribution is 2.34. The Morgan fingerprint density at radius 1 is 1.00 bits per heavy atom. The van der Waals surface area contributed by atoms with Gasteiger partial charge in [-0.15, -0.1) is 0 Å². The van der Waals surface area contributed by atoms with Crippen LogP contribution in [0.2, 0.25) is 0 Å². The maximum atomic E-state index is 11.7. The largest absolute Gasteiger partial charge is 0.285 e. The Bertz CT molecular complexity index is 389. The minimum Gasteiger partial charge on any atom is -0.285 e. The third-order valence-corrected chi connectivity index (χ3v) is 3.75. The van der Waals surface area contributed by atoms with Crippen LogP contribution in [0, 0.1) is 5.92 Å². The molecule has 2 rings (SSSR count). The molecule has 0 spiro atoms. The normalized spacial score (nSPS) is 23.8. The molecule has 0 amide bonds. The lowest BCUT2D eigenvalue weighted by molar-refractivity contribution is -0.132. The molecule has 2 heteroatoms. The van der Waals surface area contributed by atoms with Crippen molar-refractivity contribution in [2.75, 3.05) is 0 Å². The average Bonchev–Trinajstić information content (AvgIpc) is 2.32. The van der Waals surface area contributed by atoms with Crippen LogP contribution in [0.5, 0.6) is 0 Å². The van der Waals surface area contributed by atoms with Gasteiger partial charge in [0, 0.05) is 11.1 Å². The number of ketones is 2. The van der Waals surface area contributed by atoms with Crippen molar-refractivity contribution in [3.8, 4) is 0 Å². The van der Waals surface area contributed by atoms with Crippen molar-refractivity contribution < 1.29 is 9.59 Å². The van der Waals surface area contributed by atoms with Gasteiger partial charge in [0.15, 0.2) is 0 Å². The van der Waals surface area contributed by atoms with E-state index >= 15 is 0 Å². The Labute approximate surface area is 96.4 Å². The molecule has 0 heterocycles. The minimum absolute atomic E-state index is 0.291. The van der Waals surface area contributed by atoms with E-state index in [-0.39, 0.29) is 11.6 Å². The van der Waals surface area contributed by atoms with Crippen molar-refractivity contribution in [1.82, 2.24) is 0 Å². The van der Waals surface area contributed by atoms with Crippen molar-refractivity contribution in [2.45, 2.75) is 46.0 Å². The molecule has 0 aromatic heterocycles. The second-order valence-electron chi connectivity index (χ2n) is 4.90. The Morgan fingerprint density at radius 2 is 1.62 bits per heavy atom. The van der Waals surface area contributed by atoms with Gasteiger partial charge in [0.25, 0.3) is 0 Å². The van der Waals surface area contributed by atoms with Crippen LogP contribution in [0.3, 0.4) is 0 Å². The molecule has 0 bridgehead atoms. The first-order valence-corrected chi connectivity index (χ1v) is 6.09. The van der Waals surface area contributed by atoms with Gasteiger partial charge in [0.2, 0.25) is 11.6 Å². The average molecular weight is 218 g/mol. The van der Waals surface area contributed by atoms with Crippen LogP contribution in [-0.4, -0.2) is 11.6 Å². The molecule has 0 aromatic rings. The lowest BCUT2D eigenvalue weighted by Gasteiger charge is -2.26. The number of hydrogen-bond acceptors (Lipinski definition) is 2. The number of Topliss-reactive ketones (excluding diaryl/α,β-unsaturated/α-hetero) is 2. The molecular weight excluding hydrogens is 200 g/mol. The van der Waals surface area contributed by atoms with Crippen LogP contribution in [-0.2, 0) is 9.59 Å². The summed E-state index contributed by atoms with van der Waals surface area (Å²) in [4.78, 5) is 23.3. The molecule has 0 N–H and O–H groups in total.